The van der Waals surface area contributed by atoms with Crippen LogP contribution >= 0.6 is 0 Å². The van der Waals surface area contributed by atoms with E-state index >= 15 is 0 Å². The molecular weight excluding hydrogens is 202 g/mol. The van der Waals surface area contributed by atoms with Gasteiger partial charge in [-0.2, -0.15) is 0 Å². The zero-order valence-corrected chi connectivity index (χ0v) is 11.2. The van der Waals surface area contributed by atoms with Crippen molar-refractivity contribution >= 4 is 5.96 Å². The van der Waals surface area contributed by atoms with Crippen molar-refractivity contribution in [2.75, 3.05) is 26.8 Å². The summed E-state index contributed by atoms with van der Waals surface area (Å²) in [4.78, 5) is 4.15. The Morgan fingerprint density at radius 1 is 1.31 bits per heavy atom. The van der Waals surface area contributed by atoms with E-state index in [1.54, 1.807) is 7.05 Å². The van der Waals surface area contributed by atoms with Gasteiger partial charge in [-0.05, 0) is 19.8 Å². The van der Waals surface area contributed by atoms with Gasteiger partial charge in [-0.3, -0.25) is 4.99 Å². The first-order valence-electron chi connectivity index (χ1n) is 6.29. The summed E-state index contributed by atoms with van der Waals surface area (Å²) in [6.45, 7) is 8.86. The van der Waals surface area contributed by atoms with Crippen LogP contribution in [0.2, 0.25) is 0 Å². The third kappa shape index (κ3) is 8.53. The summed E-state index contributed by atoms with van der Waals surface area (Å²) in [7, 11) is 1.79. The van der Waals surface area contributed by atoms with Crippen LogP contribution in [0.3, 0.4) is 0 Å². The van der Waals surface area contributed by atoms with Crippen LogP contribution in [0.1, 0.15) is 40.0 Å². The monoisotopic (exact) mass is 229 g/mol. The van der Waals surface area contributed by atoms with Gasteiger partial charge in [-0.25, -0.2) is 0 Å². The van der Waals surface area contributed by atoms with E-state index in [0.717, 1.165) is 38.6 Å². The summed E-state index contributed by atoms with van der Waals surface area (Å²) < 4.78 is 5.45. The molecule has 0 saturated heterocycles. The van der Waals surface area contributed by atoms with Crippen LogP contribution in [0.15, 0.2) is 4.99 Å². The van der Waals surface area contributed by atoms with Gasteiger partial charge in [0.25, 0.3) is 0 Å². The van der Waals surface area contributed by atoms with Crippen molar-refractivity contribution < 1.29 is 4.74 Å². The summed E-state index contributed by atoms with van der Waals surface area (Å²) in [5.74, 6) is 0.855. The van der Waals surface area contributed by atoms with Crippen LogP contribution in [0.25, 0.3) is 0 Å². The van der Waals surface area contributed by atoms with E-state index in [1.807, 2.05) is 0 Å². The average molecular weight is 229 g/mol. The lowest BCUT2D eigenvalue weighted by atomic mass is 10.3. The molecule has 1 unspecified atom stereocenters. The van der Waals surface area contributed by atoms with Crippen LogP contribution in [-0.2, 0) is 4.74 Å². The first-order chi connectivity index (χ1) is 7.74. The number of hydrogen-bond acceptors (Lipinski definition) is 2. The summed E-state index contributed by atoms with van der Waals surface area (Å²) in [5, 5.41) is 6.53. The highest BCUT2D eigenvalue weighted by Crippen LogP contribution is 1.88. The van der Waals surface area contributed by atoms with Gasteiger partial charge in [0.05, 0.1) is 6.61 Å². The molecule has 0 aromatic heterocycles. The SMILES string of the molecule is CCCCOCCNC(=NC)NC(C)CC. The molecule has 0 spiro atoms. The third-order valence-electron chi connectivity index (χ3n) is 2.40. The van der Waals surface area contributed by atoms with Crippen molar-refractivity contribution in [1.29, 1.82) is 0 Å². The second-order valence-electron chi connectivity index (χ2n) is 3.92. The highest BCUT2D eigenvalue weighted by molar-refractivity contribution is 5.79. The Hall–Kier alpha value is -0.770. The predicted molar refractivity (Wildman–Crippen MR) is 70.0 cm³/mol. The molecule has 0 bridgehead atoms. The van der Waals surface area contributed by atoms with Gasteiger partial charge in [0, 0.05) is 26.2 Å². The fourth-order valence-corrected chi connectivity index (χ4v) is 1.12. The molecule has 4 nitrogen and oxygen atoms in total. The Kier molecular flexibility index (Phi) is 10.2. The van der Waals surface area contributed by atoms with Crippen molar-refractivity contribution in [3.63, 3.8) is 0 Å². The Morgan fingerprint density at radius 3 is 2.62 bits per heavy atom. The molecule has 0 heterocycles. The number of guanidine groups is 1. The normalized spacial score (nSPS) is 13.6. The molecule has 1 atom stereocenters. The zero-order valence-electron chi connectivity index (χ0n) is 11.2. The van der Waals surface area contributed by atoms with Gasteiger partial charge in [0.2, 0.25) is 0 Å². The molecule has 0 aromatic carbocycles. The van der Waals surface area contributed by atoms with E-state index in [9.17, 15) is 0 Å². The first-order valence-corrected chi connectivity index (χ1v) is 6.29. The van der Waals surface area contributed by atoms with E-state index in [2.05, 4.69) is 36.4 Å². The maximum atomic E-state index is 5.45. The molecule has 0 radical (unpaired) electrons. The molecule has 0 aromatic rings. The van der Waals surface area contributed by atoms with E-state index < -0.39 is 0 Å². The van der Waals surface area contributed by atoms with Gasteiger partial charge in [-0.15, -0.1) is 0 Å². The zero-order chi connectivity index (χ0) is 12.2. The van der Waals surface area contributed by atoms with E-state index in [4.69, 9.17) is 4.74 Å². The summed E-state index contributed by atoms with van der Waals surface area (Å²) in [6.07, 6.45) is 3.41. The van der Waals surface area contributed by atoms with Gasteiger partial charge >= 0.3 is 0 Å². The lowest BCUT2D eigenvalue weighted by Gasteiger charge is -2.16. The molecule has 0 amide bonds. The van der Waals surface area contributed by atoms with E-state index in [-0.39, 0.29) is 0 Å². The van der Waals surface area contributed by atoms with Crippen LogP contribution in [0, 0.1) is 0 Å². The van der Waals surface area contributed by atoms with Gasteiger partial charge in [0.15, 0.2) is 5.96 Å². The smallest absolute Gasteiger partial charge is 0.191 e. The average Bonchev–Trinajstić information content (AvgIpc) is 2.31. The van der Waals surface area contributed by atoms with Crippen LogP contribution < -0.4 is 10.6 Å². The van der Waals surface area contributed by atoms with Crippen LogP contribution in [0.4, 0.5) is 0 Å². The van der Waals surface area contributed by atoms with Gasteiger partial charge < -0.3 is 15.4 Å². The minimum absolute atomic E-state index is 0.451. The Morgan fingerprint density at radius 2 is 2.06 bits per heavy atom. The molecule has 16 heavy (non-hydrogen) atoms. The van der Waals surface area contributed by atoms with Gasteiger partial charge in [0.1, 0.15) is 0 Å². The number of unbranched alkanes of at least 4 members (excludes halogenated alkanes) is 1. The second-order valence-corrected chi connectivity index (χ2v) is 3.92. The number of rotatable bonds is 8. The van der Waals surface area contributed by atoms with Crippen LogP contribution in [-0.4, -0.2) is 38.8 Å². The molecule has 0 aliphatic carbocycles. The van der Waals surface area contributed by atoms with Gasteiger partial charge in [-0.1, -0.05) is 20.3 Å². The standard InChI is InChI=1S/C12H27N3O/c1-5-7-9-16-10-8-14-12(13-4)15-11(3)6-2/h11H,5-10H2,1-4H3,(H2,13,14,15). The summed E-state index contributed by atoms with van der Waals surface area (Å²) >= 11 is 0. The molecule has 0 rings (SSSR count). The van der Waals surface area contributed by atoms with Crippen molar-refractivity contribution in [2.24, 2.45) is 4.99 Å². The minimum atomic E-state index is 0.451. The Bertz CT molecular complexity index is 183. The number of ether oxygens (including phenoxy) is 1. The largest absolute Gasteiger partial charge is 0.380 e. The quantitative estimate of drug-likeness (QED) is 0.379. The lowest BCUT2D eigenvalue weighted by molar-refractivity contribution is 0.136. The number of nitrogens with zero attached hydrogens (tertiary/aromatic N) is 1. The highest BCUT2D eigenvalue weighted by atomic mass is 16.5. The predicted octanol–water partition coefficient (Wildman–Crippen LogP) is 1.77. The second kappa shape index (κ2) is 10.7. The maximum Gasteiger partial charge on any atom is 0.191 e. The summed E-state index contributed by atoms with van der Waals surface area (Å²) in [5.41, 5.74) is 0. The molecule has 0 aliphatic rings. The Balaban J connectivity index is 3.49. The van der Waals surface area contributed by atoms with Crippen molar-refractivity contribution in [1.82, 2.24) is 10.6 Å². The van der Waals surface area contributed by atoms with Crippen molar-refractivity contribution in [2.45, 2.75) is 46.1 Å². The molecule has 4 heteroatoms. The molecule has 0 saturated carbocycles. The highest BCUT2D eigenvalue weighted by Gasteiger charge is 2.01. The van der Waals surface area contributed by atoms with E-state index in [0.29, 0.717) is 6.04 Å². The molecule has 96 valence electrons. The molecule has 0 aliphatic heterocycles. The maximum absolute atomic E-state index is 5.45. The Labute approximate surface area is 99.9 Å². The first kappa shape index (κ1) is 15.2. The van der Waals surface area contributed by atoms with Crippen LogP contribution in [0.5, 0.6) is 0 Å². The molecule has 2 N–H and O–H groups in total. The number of hydrogen-bond donors (Lipinski definition) is 2. The number of nitrogens with one attached hydrogen (secondary N) is 2. The fourth-order valence-electron chi connectivity index (χ4n) is 1.12. The van der Waals surface area contributed by atoms with Crippen molar-refractivity contribution in [3.05, 3.63) is 0 Å². The topological polar surface area (TPSA) is 45.6 Å². The van der Waals surface area contributed by atoms with E-state index in [1.165, 1.54) is 6.42 Å². The minimum Gasteiger partial charge on any atom is -0.380 e. The molecule has 0 fully saturated rings. The fraction of sp³-hybridized carbons (Fsp3) is 0.917. The number of aliphatic imine (C=N–C) groups is 1. The molecular formula is C12H27N3O. The lowest BCUT2D eigenvalue weighted by Crippen LogP contribution is -2.43. The summed E-state index contributed by atoms with van der Waals surface area (Å²) in [6, 6.07) is 0.451. The third-order valence-corrected chi connectivity index (χ3v) is 2.40. The van der Waals surface area contributed by atoms with Crippen molar-refractivity contribution in [3.8, 4) is 0 Å².